The summed E-state index contributed by atoms with van der Waals surface area (Å²) in [6.07, 6.45) is 0. The fourth-order valence-electron chi connectivity index (χ4n) is 1.78. The quantitative estimate of drug-likeness (QED) is 0.620. The van der Waals surface area contributed by atoms with Gasteiger partial charge in [0, 0.05) is 10.9 Å². The van der Waals surface area contributed by atoms with Gasteiger partial charge in [-0.2, -0.15) is 0 Å². The SMILES string of the molecule is Cc1ccc2[nH]c(NC(N)=O)c(C(N)=O)c2c1. The molecule has 3 amide bonds. The molecule has 0 unspecified atom stereocenters. The summed E-state index contributed by atoms with van der Waals surface area (Å²) >= 11 is 0. The molecule has 1 heterocycles. The number of hydrogen-bond donors (Lipinski definition) is 4. The van der Waals surface area contributed by atoms with E-state index >= 15 is 0 Å². The molecule has 6 heteroatoms. The predicted molar refractivity (Wildman–Crippen MR) is 64.8 cm³/mol. The highest BCUT2D eigenvalue weighted by Gasteiger charge is 2.17. The number of primary amides is 2. The Morgan fingerprint density at radius 2 is 2.00 bits per heavy atom. The molecule has 88 valence electrons. The number of H-pyrrole nitrogens is 1. The van der Waals surface area contributed by atoms with Crippen molar-refractivity contribution in [1.29, 1.82) is 0 Å². The molecule has 0 aliphatic carbocycles. The van der Waals surface area contributed by atoms with Gasteiger partial charge in [-0.3, -0.25) is 10.1 Å². The molecule has 0 spiro atoms. The van der Waals surface area contributed by atoms with Gasteiger partial charge in [0.25, 0.3) is 5.91 Å². The van der Waals surface area contributed by atoms with Crippen LogP contribution < -0.4 is 16.8 Å². The predicted octanol–water partition coefficient (Wildman–Crippen LogP) is 1.07. The topological polar surface area (TPSA) is 114 Å². The maximum Gasteiger partial charge on any atom is 0.317 e. The van der Waals surface area contributed by atoms with Crippen LogP contribution >= 0.6 is 0 Å². The fourth-order valence-corrected chi connectivity index (χ4v) is 1.78. The van der Waals surface area contributed by atoms with Crippen molar-refractivity contribution in [3.8, 4) is 0 Å². The normalized spacial score (nSPS) is 10.4. The second kappa shape index (κ2) is 3.82. The zero-order valence-corrected chi connectivity index (χ0v) is 9.20. The molecule has 1 aromatic carbocycles. The number of aromatic nitrogens is 1. The zero-order valence-electron chi connectivity index (χ0n) is 9.20. The average Bonchev–Trinajstić information content (AvgIpc) is 2.53. The summed E-state index contributed by atoms with van der Waals surface area (Å²) in [5.74, 6) is -0.392. The Morgan fingerprint density at radius 3 is 2.59 bits per heavy atom. The van der Waals surface area contributed by atoms with Crippen molar-refractivity contribution in [2.45, 2.75) is 6.92 Å². The van der Waals surface area contributed by atoms with E-state index in [1.54, 1.807) is 0 Å². The summed E-state index contributed by atoms with van der Waals surface area (Å²) < 4.78 is 0. The number of hydrogen-bond acceptors (Lipinski definition) is 2. The molecule has 2 rings (SSSR count). The number of rotatable bonds is 2. The molecule has 0 radical (unpaired) electrons. The number of fused-ring (bicyclic) bond motifs is 1. The molecule has 0 saturated heterocycles. The Bertz CT molecular complexity index is 615. The molecular formula is C11H12N4O2. The standard InChI is InChI=1S/C11H12N4O2/c1-5-2-3-7-6(4-5)8(9(12)16)10(14-7)15-11(13)17/h2-4,14H,1H3,(H2,12,16)(H3,13,15,17). The summed E-state index contributed by atoms with van der Waals surface area (Å²) in [6.45, 7) is 1.90. The number of urea groups is 1. The molecule has 2 aromatic rings. The molecular weight excluding hydrogens is 220 g/mol. The second-order valence-corrected chi connectivity index (χ2v) is 3.78. The molecule has 1 aromatic heterocycles. The van der Waals surface area contributed by atoms with E-state index in [0.29, 0.717) is 10.9 Å². The average molecular weight is 232 g/mol. The highest BCUT2D eigenvalue weighted by atomic mass is 16.2. The van der Waals surface area contributed by atoms with Crippen LogP contribution in [0.4, 0.5) is 10.6 Å². The van der Waals surface area contributed by atoms with Gasteiger partial charge in [0.15, 0.2) is 0 Å². The van der Waals surface area contributed by atoms with Gasteiger partial charge in [-0.15, -0.1) is 0 Å². The van der Waals surface area contributed by atoms with E-state index in [0.717, 1.165) is 5.56 Å². The van der Waals surface area contributed by atoms with Crippen LogP contribution in [0.5, 0.6) is 0 Å². The van der Waals surface area contributed by atoms with E-state index in [9.17, 15) is 9.59 Å². The summed E-state index contributed by atoms with van der Waals surface area (Å²) in [4.78, 5) is 25.1. The Balaban J connectivity index is 2.71. The largest absolute Gasteiger partial charge is 0.365 e. The van der Waals surface area contributed by atoms with Gasteiger partial charge in [-0.05, 0) is 19.1 Å². The lowest BCUT2D eigenvalue weighted by Crippen LogP contribution is -2.22. The number of nitrogens with one attached hydrogen (secondary N) is 2. The van der Waals surface area contributed by atoms with Crippen LogP contribution in [-0.2, 0) is 0 Å². The first-order chi connectivity index (χ1) is 7.99. The Kier molecular flexibility index (Phi) is 2.47. The van der Waals surface area contributed by atoms with Crippen molar-refractivity contribution in [3.63, 3.8) is 0 Å². The molecule has 0 saturated carbocycles. The van der Waals surface area contributed by atoms with E-state index in [2.05, 4.69) is 10.3 Å². The van der Waals surface area contributed by atoms with Crippen LogP contribution in [0.2, 0.25) is 0 Å². The minimum absolute atomic E-state index is 0.227. The summed E-state index contributed by atoms with van der Waals surface area (Å²) in [5.41, 5.74) is 12.3. The van der Waals surface area contributed by atoms with Gasteiger partial charge < -0.3 is 16.5 Å². The number of aryl methyl sites for hydroxylation is 1. The maximum absolute atomic E-state index is 11.4. The molecule has 0 fully saturated rings. The number of amides is 3. The highest BCUT2D eigenvalue weighted by molar-refractivity contribution is 6.13. The van der Waals surface area contributed by atoms with Crippen LogP contribution in [0.15, 0.2) is 18.2 Å². The van der Waals surface area contributed by atoms with E-state index < -0.39 is 11.9 Å². The first-order valence-corrected chi connectivity index (χ1v) is 4.97. The third-order valence-electron chi connectivity index (χ3n) is 2.45. The third kappa shape index (κ3) is 1.92. The van der Waals surface area contributed by atoms with E-state index in [4.69, 9.17) is 11.5 Å². The van der Waals surface area contributed by atoms with Gasteiger partial charge in [0.05, 0.1) is 5.56 Å². The first-order valence-electron chi connectivity index (χ1n) is 4.97. The van der Waals surface area contributed by atoms with E-state index in [1.165, 1.54) is 0 Å². The van der Waals surface area contributed by atoms with Gasteiger partial charge in [0.2, 0.25) is 0 Å². The number of carbonyl (C=O) groups excluding carboxylic acids is 2. The van der Waals surface area contributed by atoms with Crippen LogP contribution in [-0.4, -0.2) is 16.9 Å². The summed E-state index contributed by atoms with van der Waals surface area (Å²) in [5, 5.41) is 3.01. The van der Waals surface area contributed by atoms with Crippen LogP contribution in [0.25, 0.3) is 10.9 Å². The monoisotopic (exact) mass is 232 g/mol. The number of nitrogens with two attached hydrogens (primary N) is 2. The van der Waals surface area contributed by atoms with Crippen molar-refractivity contribution >= 4 is 28.7 Å². The fraction of sp³-hybridized carbons (Fsp3) is 0.0909. The Hall–Kier alpha value is -2.50. The molecule has 6 N–H and O–H groups in total. The smallest absolute Gasteiger partial charge is 0.317 e. The van der Waals surface area contributed by atoms with Crippen LogP contribution in [0.3, 0.4) is 0 Å². The molecule has 6 nitrogen and oxygen atoms in total. The first kappa shape index (κ1) is 11.0. The van der Waals surface area contributed by atoms with Crippen LogP contribution in [0, 0.1) is 6.92 Å². The lowest BCUT2D eigenvalue weighted by atomic mass is 10.1. The molecule has 17 heavy (non-hydrogen) atoms. The number of carbonyl (C=O) groups is 2. The van der Waals surface area contributed by atoms with Crippen molar-refractivity contribution in [1.82, 2.24) is 4.98 Å². The summed E-state index contributed by atoms with van der Waals surface area (Å²) in [7, 11) is 0. The summed E-state index contributed by atoms with van der Waals surface area (Å²) in [6, 6.07) is 4.76. The Labute approximate surface area is 97.0 Å². The maximum atomic E-state index is 11.4. The number of aromatic amines is 1. The van der Waals surface area contributed by atoms with Crippen molar-refractivity contribution in [2.24, 2.45) is 11.5 Å². The minimum atomic E-state index is -0.754. The van der Waals surface area contributed by atoms with Crippen LogP contribution in [0.1, 0.15) is 15.9 Å². The lowest BCUT2D eigenvalue weighted by Gasteiger charge is -2.00. The lowest BCUT2D eigenvalue weighted by molar-refractivity contribution is 0.100. The molecule has 0 aliphatic heterocycles. The van der Waals surface area contributed by atoms with Crippen molar-refractivity contribution in [3.05, 3.63) is 29.3 Å². The number of benzene rings is 1. The highest BCUT2D eigenvalue weighted by Crippen LogP contribution is 2.26. The van der Waals surface area contributed by atoms with Gasteiger partial charge in [-0.1, -0.05) is 11.6 Å². The Morgan fingerprint density at radius 1 is 1.29 bits per heavy atom. The minimum Gasteiger partial charge on any atom is -0.365 e. The zero-order chi connectivity index (χ0) is 12.6. The molecule has 0 bridgehead atoms. The molecule has 0 aliphatic rings. The van der Waals surface area contributed by atoms with E-state index in [-0.39, 0.29) is 11.4 Å². The van der Waals surface area contributed by atoms with Crippen molar-refractivity contribution < 1.29 is 9.59 Å². The van der Waals surface area contributed by atoms with Gasteiger partial charge >= 0.3 is 6.03 Å². The molecule has 0 atom stereocenters. The van der Waals surface area contributed by atoms with E-state index in [1.807, 2.05) is 25.1 Å². The van der Waals surface area contributed by atoms with Gasteiger partial charge in [-0.25, -0.2) is 4.79 Å². The van der Waals surface area contributed by atoms with Crippen molar-refractivity contribution in [2.75, 3.05) is 5.32 Å². The number of anilines is 1. The third-order valence-corrected chi connectivity index (χ3v) is 2.45. The van der Waals surface area contributed by atoms with Gasteiger partial charge in [0.1, 0.15) is 5.82 Å². The second-order valence-electron chi connectivity index (χ2n) is 3.78.